The van der Waals surface area contributed by atoms with E-state index in [0.29, 0.717) is 6.61 Å². The molecule has 1 fully saturated rings. The number of hydrogen-bond acceptors (Lipinski definition) is 8. The molecule has 1 aliphatic rings. The van der Waals surface area contributed by atoms with Crippen molar-refractivity contribution in [3.8, 4) is 11.5 Å². The predicted octanol–water partition coefficient (Wildman–Crippen LogP) is 3.70. The number of H-pyrrole nitrogens is 1. The molecule has 1 radical (unpaired) electrons. The van der Waals surface area contributed by atoms with Crippen molar-refractivity contribution in [1.29, 1.82) is 0 Å². The van der Waals surface area contributed by atoms with Crippen molar-refractivity contribution in [3.05, 3.63) is 135 Å². The van der Waals surface area contributed by atoms with Gasteiger partial charge in [0.1, 0.15) is 23.2 Å². The van der Waals surface area contributed by atoms with Gasteiger partial charge in [0.15, 0.2) is 6.23 Å². The summed E-state index contributed by atoms with van der Waals surface area (Å²) in [5, 5.41) is 0. The molecular weight excluding hydrogens is 552 g/mol. The number of ether oxygens (including phenoxy) is 6. The van der Waals surface area contributed by atoms with Crippen LogP contribution in [0.2, 0.25) is 0 Å². The number of rotatable bonds is 13. The van der Waals surface area contributed by atoms with Gasteiger partial charge >= 0.3 is 5.69 Å². The van der Waals surface area contributed by atoms with Crippen LogP contribution in [0.5, 0.6) is 11.5 Å². The fraction of sp³-hybridized carbons (Fsp3) is 0.303. The monoisotopic (exact) mass is 587 g/mol. The minimum absolute atomic E-state index is 0.117. The number of nitrogens with zero attached hydrogens (tertiary/aromatic N) is 1. The van der Waals surface area contributed by atoms with Crippen molar-refractivity contribution in [1.82, 2.24) is 9.55 Å². The molecule has 10 nitrogen and oxygen atoms in total. The number of benzene rings is 3. The Morgan fingerprint density at radius 3 is 1.95 bits per heavy atom. The molecule has 0 bridgehead atoms. The smallest absolute Gasteiger partial charge is 0.330 e. The molecule has 4 aromatic rings. The van der Waals surface area contributed by atoms with E-state index in [0.717, 1.165) is 28.2 Å². The minimum atomic E-state index is -1.05. The molecular formula is C33H35N2O8. The Balaban J connectivity index is 1.52. The van der Waals surface area contributed by atoms with Gasteiger partial charge in [0.2, 0.25) is 0 Å². The van der Waals surface area contributed by atoms with Crippen LogP contribution in [-0.4, -0.2) is 62.9 Å². The molecule has 1 saturated heterocycles. The molecule has 0 aliphatic carbocycles. The molecule has 0 spiro atoms. The summed E-state index contributed by atoms with van der Waals surface area (Å²) >= 11 is 0. The summed E-state index contributed by atoms with van der Waals surface area (Å²) in [5.41, 5.74) is 0.531. The first-order valence-corrected chi connectivity index (χ1v) is 13.9. The van der Waals surface area contributed by atoms with E-state index < -0.39 is 35.3 Å². The third kappa shape index (κ3) is 6.57. The van der Waals surface area contributed by atoms with Crippen LogP contribution in [0.15, 0.2) is 101 Å². The van der Waals surface area contributed by atoms with Crippen molar-refractivity contribution in [2.45, 2.75) is 24.0 Å². The molecule has 0 amide bonds. The molecule has 3 atom stereocenters. The van der Waals surface area contributed by atoms with Crippen LogP contribution in [-0.2, 0) is 24.5 Å². The lowest BCUT2D eigenvalue weighted by molar-refractivity contribution is -0.0980. The molecule has 0 saturated carbocycles. The van der Waals surface area contributed by atoms with Gasteiger partial charge in [-0.1, -0.05) is 54.6 Å². The van der Waals surface area contributed by atoms with Gasteiger partial charge < -0.3 is 28.4 Å². The highest BCUT2D eigenvalue weighted by molar-refractivity contribution is 5.49. The highest BCUT2D eigenvalue weighted by Crippen LogP contribution is 2.42. The maximum Gasteiger partial charge on any atom is 0.330 e. The number of hydrogen-bond donors (Lipinski definition) is 1. The molecule has 1 aliphatic heterocycles. The molecule has 0 unspecified atom stereocenters. The first kappa shape index (κ1) is 30.2. The van der Waals surface area contributed by atoms with E-state index in [9.17, 15) is 9.59 Å². The van der Waals surface area contributed by atoms with Gasteiger partial charge in [-0.2, -0.15) is 0 Å². The zero-order chi connectivity index (χ0) is 30.2. The average Bonchev–Trinajstić information content (AvgIpc) is 3.45. The number of aromatic amines is 1. The summed E-state index contributed by atoms with van der Waals surface area (Å²) in [5.74, 6) is 1.44. The van der Waals surface area contributed by atoms with E-state index in [1.807, 2.05) is 85.3 Å². The van der Waals surface area contributed by atoms with Crippen molar-refractivity contribution < 1.29 is 28.4 Å². The van der Waals surface area contributed by atoms with Gasteiger partial charge in [0, 0.05) is 25.8 Å². The molecule has 2 heterocycles. The highest BCUT2D eigenvalue weighted by atomic mass is 16.6. The first-order chi connectivity index (χ1) is 21.0. The zero-order valence-electron chi connectivity index (χ0n) is 24.3. The molecule has 1 aromatic heterocycles. The van der Waals surface area contributed by atoms with Gasteiger partial charge in [-0.05, 0) is 41.0 Å². The van der Waals surface area contributed by atoms with Crippen molar-refractivity contribution in [2.24, 2.45) is 0 Å². The molecule has 43 heavy (non-hydrogen) atoms. The second kappa shape index (κ2) is 13.8. The van der Waals surface area contributed by atoms with E-state index in [-0.39, 0.29) is 13.2 Å². The Kier molecular flexibility index (Phi) is 9.73. The lowest BCUT2D eigenvalue weighted by Gasteiger charge is -2.37. The summed E-state index contributed by atoms with van der Waals surface area (Å²) in [6, 6.07) is 26.7. The average molecular weight is 588 g/mol. The van der Waals surface area contributed by atoms with Crippen LogP contribution in [0.3, 0.4) is 0 Å². The number of nitrogens with one attached hydrogen (secondary N) is 1. The maximum absolute atomic E-state index is 12.7. The Bertz CT molecular complexity index is 1520. The van der Waals surface area contributed by atoms with Crippen LogP contribution in [0, 0.1) is 6.42 Å². The zero-order valence-corrected chi connectivity index (χ0v) is 24.3. The highest BCUT2D eigenvalue weighted by Gasteiger charge is 2.42. The van der Waals surface area contributed by atoms with Gasteiger partial charge in [0.05, 0.1) is 40.1 Å². The van der Waals surface area contributed by atoms with E-state index in [4.69, 9.17) is 28.4 Å². The Labute approximate surface area is 249 Å². The molecule has 225 valence electrons. The van der Waals surface area contributed by atoms with Gasteiger partial charge in [-0.3, -0.25) is 14.3 Å². The first-order valence-electron chi connectivity index (χ1n) is 13.9. The molecule has 3 aromatic carbocycles. The third-order valence-corrected chi connectivity index (χ3v) is 7.36. The van der Waals surface area contributed by atoms with Crippen LogP contribution >= 0.6 is 0 Å². The summed E-state index contributed by atoms with van der Waals surface area (Å²) in [6.07, 6.45) is 1.30. The fourth-order valence-corrected chi connectivity index (χ4v) is 5.24. The molecule has 5 rings (SSSR count). The van der Waals surface area contributed by atoms with Crippen LogP contribution in [0.4, 0.5) is 0 Å². The van der Waals surface area contributed by atoms with Crippen LogP contribution in [0.25, 0.3) is 0 Å². The Hall–Kier alpha value is -4.22. The van der Waals surface area contributed by atoms with E-state index in [1.165, 1.54) is 16.8 Å². The number of aromatic nitrogens is 2. The minimum Gasteiger partial charge on any atom is -0.497 e. The summed E-state index contributed by atoms with van der Waals surface area (Å²) in [6.45, 7) is 0.769. The normalized spacial score (nSPS) is 18.4. The summed E-state index contributed by atoms with van der Waals surface area (Å²) in [7, 11) is 4.84. The summed E-state index contributed by atoms with van der Waals surface area (Å²) < 4.78 is 36.6. The fourth-order valence-electron chi connectivity index (χ4n) is 5.24. The van der Waals surface area contributed by atoms with Gasteiger partial charge in [-0.15, -0.1) is 0 Å². The Morgan fingerprint density at radius 1 is 0.791 bits per heavy atom. The van der Waals surface area contributed by atoms with E-state index in [2.05, 4.69) is 4.98 Å². The maximum atomic E-state index is 12.7. The third-order valence-electron chi connectivity index (χ3n) is 7.36. The molecule has 1 N–H and O–H groups in total. The lowest BCUT2D eigenvalue weighted by Crippen LogP contribution is -2.36. The van der Waals surface area contributed by atoms with Crippen molar-refractivity contribution in [3.63, 3.8) is 0 Å². The predicted molar refractivity (Wildman–Crippen MR) is 159 cm³/mol. The number of methoxy groups -OCH3 is 3. The van der Waals surface area contributed by atoms with Crippen molar-refractivity contribution in [2.75, 3.05) is 41.2 Å². The second-order valence-corrected chi connectivity index (χ2v) is 9.92. The van der Waals surface area contributed by atoms with E-state index >= 15 is 0 Å². The lowest BCUT2D eigenvalue weighted by atomic mass is 9.80. The van der Waals surface area contributed by atoms with Gasteiger partial charge in [-0.25, -0.2) is 4.79 Å². The van der Waals surface area contributed by atoms with Crippen molar-refractivity contribution >= 4 is 0 Å². The molecule has 10 heteroatoms. The Morgan fingerprint density at radius 2 is 1.40 bits per heavy atom. The second-order valence-electron chi connectivity index (χ2n) is 9.92. The quantitative estimate of drug-likeness (QED) is 0.186. The SMILES string of the molecule is COCCO[C@@H]1[CH][C@H](COC(c2ccccc2)(c2ccc(OC)cc2)c2ccc(OC)cc2)O[C@H]1n1ccc(=O)[nH]c1=O. The van der Waals surface area contributed by atoms with Crippen LogP contribution in [0.1, 0.15) is 22.9 Å². The van der Waals surface area contributed by atoms with Crippen LogP contribution < -0.4 is 20.7 Å². The largest absolute Gasteiger partial charge is 0.497 e. The topological polar surface area (TPSA) is 110 Å². The summed E-state index contributed by atoms with van der Waals surface area (Å²) in [4.78, 5) is 26.7. The standard InChI is InChI=1S/C33H35N2O8/c1-38-19-20-41-29-21-28(43-31(29)35-18-17-30(36)34-32(35)37)22-42-33(23-7-5-4-6-8-23,24-9-13-26(39-2)14-10-24)25-11-15-27(40-3)16-12-25/h4-18,21,28-29,31H,19-20,22H2,1-3H3,(H,34,36,37)/t28-,29-,31-/m1/s1. The van der Waals surface area contributed by atoms with Gasteiger partial charge in [0.25, 0.3) is 5.56 Å². The van der Waals surface area contributed by atoms with E-state index in [1.54, 1.807) is 21.3 Å².